The average Bonchev–Trinajstić information content (AvgIpc) is 2.48. The third kappa shape index (κ3) is 4.62. The van der Waals surface area contributed by atoms with Crippen molar-refractivity contribution in [3.63, 3.8) is 0 Å². The zero-order valence-corrected chi connectivity index (χ0v) is 14.9. The second kappa shape index (κ2) is 8.04. The molecule has 3 nitrogen and oxygen atoms in total. The normalized spacial score (nSPS) is 21.0. The van der Waals surface area contributed by atoms with E-state index in [2.05, 4.69) is 52.1 Å². The van der Waals surface area contributed by atoms with Crippen LogP contribution in [0.3, 0.4) is 0 Å². The minimum Gasteiger partial charge on any atom is -0.496 e. The highest BCUT2D eigenvalue weighted by Crippen LogP contribution is 2.29. The van der Waals surface area contributed by atoms with Gasteiger partial charge in [-0.15, -0.1) is 0 Å². The van der Waals surface area contributed by atoms with E-state index < -0.39 is 0 Å². The number of hydrogen-bond acceptors (Lipinski definition) is 3. The summed E-state index contributed by atoms with van der Waals surface area (Å²) in [5, 5.41) is 3.65. The highest BCUT2D eigenvalue weighted by molar-refractivity contribution is 9.10. The number of nitrogens with one attached hydrogen (secondary N) is 1. The smallest absolute Gasteiger partial charge is 0.133 e. The molecule has 0 radical (unpaired) electrons. The minimum atomic E-state index is 0.491. The molecule has 0 aromatic heterocycles. The van der Waals surface area contributed by atoms with Gasteiger partial charge in [0.25, 0.3) is 0 Å². The molecule has 1 aliphatic rings. The van der Waals surface area contributed by atoms with Gasteiger partial charge in [-0.1, -0.05) is 6.92 Å². The van der Waals surface area contributed by atoms with Crippen molar-refractivity contribution >= 4 is 21.6 Å². The number of hydrogen-bond donors (Lipinski definition) is 1. The number of likely N-dealkylation sites (tertiary alicyclic amines) is 1. The van der Waals surface area contributed by atoms with Gasteiger partial charge < -0.3 is 15.0 Å². The first kappa shape index (κ1) is 16.6. The lowest BCUT2D eigenvalue weighted by molar-refractivity contribution is 0.165. The molecule has 0 bridgehead atoms. The van der Waals surface area contributed by atoms with Crippen LogP contribution in [0, 0.1) is 5.92 Å². The molecule has 1 aromatic carbocycles. The topological polar surface area (TPSA) is 24.5 Å². The number of piperidine rings is 1. The Labute approximate surface area is 137 Å². The fourth-order valence-corrected chi connectivity index (χ4v) is 3.70. The Bertz CT molecular complexity index is 450. The van der Waals surface area contributed by atoms with E-state index >= 15 is 0 Å². The van der Waals surface area contributed by atoms with Crippen molar-refractivity contribution in [3.8, 4) is 5.75 Å². The second-order valence-electron chi connectivity index (χ2n) is 5.99. The number of anilines is 1. The van der Waals surface area contributed by atoms with E-state index in [0.29, 0.717) is 6.04 Å². The van der Waals surface area contributed by atoms with E-state index in [4.69, 9.17) is 4.74 Å². The van der Waals surface area contributed by atoms with Crippen LogP contribution in [0.25, 0.3) is 0 Å². The number of ether oxygens (including phenoxy) is 1. The number of methoxy groups -OCH3 is 1. The maximum atomic E-state index is 5.28. The van der Waals surface area contributed by atoms with Crippen LogP contribution >= 0.6 is 15.9 Å². The Morgan fingerprint density at radius 1 is 1.48 bits per heavy atom. The van der Waals surface area contributed by atoms with E-state index in [0.717, 1.165) is 21.8 Å². The zero-order chi connectivity index (χ0) is 15.2. The van der Waals surface area contributed by atoms with Gasteiger partial charge in [0.05, 0.1) is 11.6 Å². The first-order chi connectivity index (χ1) is 10.1. The number of rotatable bonds is 6. The molecule has 1 aliphatic heterocycles. The van der Waals surface area contributed by atoms with E-state index in [1.165, 1.54) is 38.9 Å². The van der Waals surface area contributed by atoms with E-state index in [1.54, 1.807) is 7.11 Å². The van der Waals surface area contributed by atoms with Crippen LogP contribution in [0.5, 0.6) is 5.75 Å². The van der Waals surface area contributed by atoms with E-state index in [9.17, 15) is 0 Å². The molecule has 0 amide bonds. The predicted molar refractivity (Wildman–Crippen MR) is 93.2 cm³/mol. The lowest BCUT2D eigenvalue weighted by Gasteiger charge is -2.36. The van der Waals surface area contributed by atoms with Crippen molar-refractivity contribution < 1.29 is 4.74 Å². The highest BCUT2D eigenvalue weighted by Gasteiger charge is 2.24. The predicted octanol–water partition coefficient (Wildman–Crippen LogP) is 4.38. The summed E-state index contributed by atoms with van der Waals surface area (Å²) in [6.07, 6.45) is 3.90. The summed E-state index contributed by atoms with van der Waals surface area (Å²) in [6, 6.07) is 6.68. The minimum absolute atomic E-state index is 0.491. The molecule has 2 atom stereocenters. The molecule has 1 fully saturated rings. The summed E-state index contributed by atoms with van der Waals surface area (Å²) < 4.78 is 6.28. The fraction of sp³-hybridized carbons (Fsp3) is 0.647. The molecule has 0 aliphatic carbocycles. The van der Waals surface area contributed by atoms with Gasteiger partial charge in [0.15, 0.2) is 0 Å². The Morgan fingerprint density at radius 3 is 2.95 bits per heavy atom. The summed E-state index contributed by atoms with van der Waals surface area (Å²) >= 11 is 3.55. The van der Waals surface area contributed by atoms with Crippen LogP contribution in [-0.2, 0) is 0 Å². The van der Waals surface area contributed by atoms with Crippen molar-refractivity contribution in [2.75, 3.05) is 32.1 Å². The van der Waals surface area contributed by atoms with Crippen molar-refractivity contribution in [1.29, 1.82) is 0 Å². The summed E-state index contributed by atoms with van der Waals surface area (Å²) in [6.45, 7) is 8.29. The first-order valence-electron chi connectivity index (χ1n) is 7.96. The summed E-state index contributed by atoms with van der Waals surface area (Å²) in [5.41, 5.74) is 1.16. The van der Waals surface area contributed by atoms with E-state index in [-0.39, 0.29) is 0 Å². The lowest BCUT2D eigenvalue weighted by atomic mass is 9.91. The molecule has 2 unspecified atom stereocenters. The van der Waals surface area contributed by atoms with Gasteiger partial charge in [-0.05, 0) is 79.3 Å². The molecule has 0 spiro atoms. The van der Waals surface area contributed by atoms with Gasteiger partial charge in [0, 0.05) is 18.3 Å². The standard InChI is InChI=1S/C17H27BrN2O/c1-4-9-20-10-5-6-14(12-20)13(2)19-15-7-8-17(21-3)16(18)11-15/h7-8,11,13-14,19H,4-6,9-10,12H2,1-3H3. The zero-order valence-electron chi connectivity index (χ0n) is 13.4. The molecule has 2 rings (SSSR count). The monoisotopic (exact) mass is 354 g/mol. The molecular weight excluding hydrogens is 328 g/mol. The summed E-state index contributed by atoms with van der Waals surface area (Å²) in [7, 11) is 1.69. The molecule has 0 saturated carbocycles. The van der Waals surface area contributed by atoms with Crippen LogP contribution in [0.1, 0.15) is 33.1 Å². The molecule has 118 valence electrons. The Hall–Kier alpha value is -0.740. The second-order valence-corrected chi connectivity index (χ2v) is 6.84. The maximum Gasteiger partial charge on any atom is 0.133 e. The van der Waals surface area contributed by atoms with E-state index in [1.807, 2.05) is 6.07 Å². The van der Waals surface area contributed by atoms with Crippen LogP contribution in [0.4, 0.5) is 5.69 Å². The van der Waals surface area contributed by atoms with Crippen LogP contribution < -0.4 is 10.1 Å². The van der Waals surface area contributed by atoms with Crippen molar-refractivity contribution in [1.82, 2.24) is 4.90 Å². The summed E-state index contributed by atoms with van der Waals surface area (Å²) in [4.78, 5) is 2.61. The van der Waals surface area contributed by atoms with Gasteiger partial charge in [0.1, 0.15) is 5.75 Å². The molecule has 1 heterocycles. The van der Waals surface area contributed by atoms with Crippen molar-refractivity contribution in [3.05, 3.63) is 22.7 Å². The lowest BCUT2D eigenvalue weighted by Crippen LogP contribution is -2.42. The van der Waals surface area contributed by atoms with Crippen LogP contribution in [0.15, 0.2) is 22.7 Å². The molecular formula is C17H27BrN2O. The molecule has 21 heavy (non-hydrogen) atoms. The highest BCUT2D eigenvalue weighted by atomic mass is 79.9. The number of halogens is 1. The Morgan fingerprint density at radius 2 is 2.29 bits per heavy atom. The third-order valence-electron chi connectivity index (χ3n) is 4.34. The van der Waals surface area contributed by atoms with Crippen LogP contribution in [-0.4, -0.2) is 37.7 Å². The Kier molecular flexibility index (Phi) is 6.37. The third-order valence-corrected chi connectivity index (χ3v) is 4.95. The molecule has 1 aromatic rings. The molecule has 1 N–H and O–H groups in total. The fourth-order valence-electron chi connectivity index (χ4n) is 3.16. The van der Waals surface area contributed by atoms with Gasteiger partial charge in [-0.2, -0.15) is 0 Å². The van der Waals surface area contributed by atoms with Gasteiger partial charge in [-0.25, -0.2) is 0 Å². The van der Waals surface area contributed by atoms with Crippen molar-refractivity contribution in [2.45, 2.75) is 39.2 Å². The van der Waals surface area contributed by atoms with Crippen LogP contribution in [0.2, 0.25) is 0 Å². The summed E-state index contributed by atoms with van der Waals surface area (Å²) in [5.74, 6) is 1.60. The van der Waals surface area contributed by atoms with Gasteiger partial charge >= 0.3 is 0 Å². The largest absolute Gasteiger partial charge is 0.496 e. The quantitative estimate of drug-likeness (QED) is 0.820. The maximum absolute atomic E-state index is 5.28. The van der Waals surface area contributed by atoms with Crippen molar-refractivity contribution in [2.24, 2.45) is 5.92 Å². The number of nitrogens with zero attached hydrogens (tertiary/aromatic N) is 1. The average molecular weight is 355 g/mol. The SMILES string of the molecule is CCCN1CCCC(C(C)Nc2ccc(OC)c(Br)c2)C1. The Balaban J connectivity index is 1.94. The first-order valence-corrected chi connectivity index (χ1v) is 8.75. The van der Waals surface area contributed by atoms with Gasteiger partial charge in [-0.3, -0.25) is 0 Å². The molecule has 4 heteroatoms. The molecule has 1 saturated heterocycles. The number of benzene rings is 1. The van der Waals surface area contributed by atoms with Gasteiger partial charge in [0.2, 0.25) is 0 Å².